The first-order chi connectivity index (χ1) is 15.1. The number of hydrogen-bond acceptors (Lipinski definition) is 4. The average molecular weight is 445 g/mol. The van der Waals surface area contributed by atoms with Gasteiger partial charge < -0.3 is 9.73 Å². The smallest absolute Gasteiger partial charge is 0.134 e. The third-order valence-electron chi connectivity index (χ3n) is 5.34. The van der Waals surface area contributed by atoms with Crippen LogP contribution in [0.5, 0.6) is 0 Å². The molecule has 0 amide bonds. The van der Waals surface area contributed by atoms with Crippen molar-refractivity contribution in [2.45, 2.75) is 20.4 Å². The summed E-state index contributed by atoms with van der Waals surface area (Å²) in [5.41, 5.74) is 6.52. The van der Waals surface area contributed by atoms with Gasteiger partial charge in [0.25, 0.3) is 0 Å². The molecule has 0 aliphatic rings. The second kappa shape index (κ2) is 8.22. The molecule has 0 aliphatic heterocycles. The van der Waals surface area contributed by atoms with Gasteiger partial charge in [-0.3, -0.25) is 0 Å². The number of aryl methyl sites for hydroxylation is 1. The Labute approximate surface area is 190 Å². The molecule has 1 N–H and O–H groups in total. The van der Waals surface area contributed by atoms with Crippen molar-refractivity contribution in [3.8, 4) is 21.9 Å². The van der Waals surface area contributed by atoms with Gasteiger partial charge in [0, 0.05) is 21.8 Å². The van der Waals surface area contributed by atoms with E-state index in [0.717, 1.165) is 49.4 Å². The summed E-state index contributed by atoms with van der Waals surface area (Å²) in [6.07, 6.45) is 0. The van der Waals surface area contributed by atoms with Gasteiger partial charge in [-0.25, -0.2) is 4.98 Å². The van der Waals surface area contributed by atoms with Crippen LogP contribution in [0.4, 0.5) is 5.69 Å². The van der Waals surface area contributed by atoms with E-state index in [9.17, 15) is 0 Å². The first kappa shape index (κ1) is 19.9. The van der Waals surface area contributed by atoms with Crippen LogP contribution in [0, 0.1) is 13.8 Å². The lowest BCUT2D eigenvalue weighted by Crippen LogP contribution is -1.97. The first-order valence-corrected chi connectivity index (χ1v) is 11.3. The predicted molar refractivity (Wildman–Crippen MR) is 131 cm³/mol. The van der Waals surface area contributed by atoms with Crippen molar-refractivity contribution in [2.75, 3.05) is 5.32 Å². The third-order valence-corrected chi connectivity index (χ3v) is 6.81. The molecule has 0 bridgehead atoms. The highest BCUT2D eigenvalue weighted by atomic mass is 35.5. The van der Waals surface area contributed by atoms with Crippen LogP contribution in [0.15, 0.2) is 77.2 Å². The maximum atomic E-state index is 6.24. The van der Waals surface area contributed by atoms with Gasteiger partial charge in [-0.05, 0) is 79.6 Å². The fraction of sp³-hybridized carbons (Fsp3) is 0.115. The molecule has 0 aliphatic carbocycles. The van der Waals surface area contributed by atoms with Gasteiger partial charge in [0.05, 0.1) is 16.8 Å². The van der Waals surface area contributed by atoms with Crippen LogP contribution in [0.25, 0.3) is 32.1 Å². The summed E-state index contributed by atoms with van der Waals surface area (Å²) in [7, 11) is 0. The van der Waals surface area contributed by atoms with Crippen molar-refractivity contribution in [3.63, 3.8) is 0 Å². The zero-order chi connectivity index (χ0) is 21.4. The van der Waals surface area contributed by atoms with E-state index in [0.29, 0.717) is 6.54 Å². The largest absolute Gasteiger partial charge is 0.459 e. The topological polar surface area (TPSA) is 38.1 Å². The number of aromatic nitrogens is 1. The summed E-state index contributed by atoms with van der Waals surface area (Å²) in [5.74, 6) is 1.71. The van der Waals surface area contributed by atoms with Gasteiger partial charge >= 0.3 is 0 Å². The Balaban J connectivity index is 1.28. The van der Waals surface area contributed by atoms with E-state index in [1.54, 1.807) is 11.3 Å². The van der Waals surface area contributed by atoms with Crippen LogP contribution >= 0.6 is 22.9 Å². The van der Waals surface area contributed by atoms with E-state index in [4.69, 9.17) is 21.0 Å². The molecule has 0 atom stereocenters. The van der Waals surface area contributed by atoms with Crippen LogP contribution in [-0.4, -0.2) is 4.98 Å². The minimum atomic E-state index is 0.610. The number of halogens is 1. The van der Waals surface area contributed by atoms with Crippen LogP contribution in [-0.2, 0) is 6.54 Å². The van der Waals surface area contributed by atoms with Crippen molar-refractivity contribution in [3.05, 3.63) is 94.7 Å². The van der Waals surface area contributed by atoms with Crippen molar-refractivity contribution in [1.82, 2.24) is 4.98 Å². The number of furan rings is 1. The molecular weight excluding hydrogens is 424 g/mol. The van der Waals surface area contributed by atoms with Gasteiger partial charge in [-0.15, -0.1) is 11.3 Å². The van der Waals surface area contributed by atoms with Crippen LogP contribution in [0.1, 0.15) is 16.9 Å². The lowest BCUT2D eigenvalue weighted by molar-refractivity contribution is 0.531. The van der Waals surface area contributed by atoms with E-state index in [1.807, 2.05) is 37.3 Å². The molecule has 31 heavy (non-hydrogen) atoms. The van der Waals surface area contributed by atoms with Gasteiger partial charge in [-0.1, -0.05) is 29.8 Å². The lowest BCUT2D eigenvalue weighted by Gasteiger charge is -2.06. The molecule has 154 valence electrons. The maximum absolute atomic E-state index is 6.24. The number of nitrogens with zero attached hydrogens (tertiary/aromatic N) is 1. The summed E-state index contributed by atoms with van der Waals surface area (Å²) < 4.78 is 7.26. The number of hydrogen-bond donors (Lipinski definition) is 1. The second-order valence-electron chi connectivity index (χ2n) is 7.60. The minimum Gasteiger partial charge on any atom is -0.459 e. The molecule has 5 heteroatoms. The molecule has 5 aromatic rings. The van der Waals surface area contributed by atoms with Gasteiger partial charge in [0.15, 0.2) is 0 Å². The SMILES string of the molecule is Cc1ccc2nc(-c3ccc(NCc4ccc(-c5cccc(Cl)c5C)o4)cc3)sc2c1. The minimum absolute atomic E-state index is 0.610. The van der Waals surface area contributed by atoms with E-state index < -0.39 is 0 Å². The van der Waals surface area contributed by atoms with Gasteiger partial charge in [0.1, 0.15) is 16.5 Å². The van der Waals surface area contributed by atoms with Crippen molar-refractivity contribution in [1.29, 1.82) is 0 Å². The van der Waals surface area contributed by atoms with E-state index in [-0.39, 0.29) is 0 Å². The molecule has 2 aromatic heterocycles. The molecule has 0 fully saturated rings. The van der Waals surface area contributed by atoms with Crippen LogP contribution < -0.4 is 5.32 Å². The Morgan fingerprint density at radius 1 is 0.968 bits per heavy atom. The van der Waals surface area contributed by atoms with Crippen LogP contribution in [0.3, 0.4) is 0 Å². The molecule has 0 radical (unpaired) electrons. The summed E-state index contributed by atoms with van der Waals surface area (Å²) in [6, 6.07) is 24.6. The molecule has 3 nitrogen and oxygen atoms in total. The lowest BCUT2D eigenvalue weighted by atomic mass is 10.1. The molecule has 0 spiro atoms. The van der Waals surface area contributed by atoms with Crippen LogP contribution in [0.2, 0.25) is 5.02 Å². The summed E-state index contributed by atoms with van der Waals surface area (Å²) in [4.78, 5) is 4.77. The molecule has 0 unspecified atom stereocenters. The molecule has 3 aromatic carbocycles. The molecule has 5 rings (SSSR count). The zero-order valence-electron chi connectivity index (χ0n) is 17.3. The maximum Gasteiger partial charge on any atom is 0.134 e. The predicted octanol–water partition coefficient (Wildman–Crippen LogP) is 8.11. The second-order valence-corrected chi connectivity index (χ2v) is 9.04. The van der Waals surface area contributed by atoms with Gasteiger partial charge in [-0.2, -0.15) is 0 Å². The van der Waals surface area contributed by atoms with E-state index >= 15 is 0 Å². The normalized spacial score (nSPS) is 11.2. The zero-order valence-corrected chi connectivity index (χ0v) is 18.8. The Hall–Kier alpha value is -3.08. The monoisotopic (exact) mass is 444 g/mol. The Kier molecular flexibility index (Phi) is 5.26. The number of benzene rings is 3. The quantitative estimate of drug-likeness (QED) is 0.297. The molecular formula is C26H21ClN2OS. The number of rotatable bonds is 5. The van der Waals surface area contributed by atoms with E-state index in [2.05, 4.69) is 54.7 Å². The Bertz CT molecular complexity index is 1370. The Morgan fingerprint density at radius 3 is 2.65 bits per heavy atom. The highest BCUT2D eigenvalue weighted by Gasteiger charge is 2.10. The van der Waals surface area contributed by atoms with Crippen molar-refractivity contribution in [2.24, 2.45) is 0 Å². The first-order valence-electron chi connectivity index (χ1n) is 10.1. The standard InChI is InChI=1S/C26H21ClN2OS/c1-16-6-12-23-25(14-16)31-26(29-23)18-7-9-19(10-8-18)28-15-20-11-13-24(30-20)21-4-3-5-22(27)17(21)2/h3-14,28H,15H2,1-2H3. The molecule has 0 saturated heterocycles. The number of nitrogens with one attached hydrogen (secondary N) is 1. The third kappa shape index (κ3) is 4.09. The number of anilines is 1. The summed E-state index contributed by atoms with van der Waals surface area (Å²) in [5, 5.41) is 5.22. The highest BCUT2D eigenvalue weighted by molar-refractivity contribution is 7.21. The number of fused-ring (bicyclic) bond motifs is 1. The van der Waals surface area contributed by atoms with E-state index in [1.165, 1.54) is 10.3 Å². The van der Waals surface area contributed by atoms with Gasteiger partial charge in [0.2, 0.25) is 0 Å². The number of thiazole rings is 1. The molecule has 2 heterocycles. The highest BCUT2D eigenvalue weighted by Crippen LogP contribution is 2.32. The average Bonchev–Trinajstić information content (AvgIpc) is 3.41. The molecule has 0 saturated carbocycles. The summed E-state index contributed by atoms with van der Waals surface area (Å²) >= 11 is 7.97. The van der Waals surface area contributed by atoms with Crippen molar-refractivity contribution < 1.29 is 4.42 Å². The summed E-state index contributed by atoms with van der Waals surface area (Å²) in [6.45, 7) is 4.73. The Morgan fingerprint density at radius 2 is 1.81 bits per heavy atom. The fourth-order valence-electron chi connectivity index (χ4n) is 3.57. The van der Waals surface area contributed by atoms with Crippen molar-refractivity contribution >= 4 is 38.8 Å². The fourth-order valence-corrected chi connectivity index (χ4v) is 4.81.